The van der Waals surface area contributed by atoms with E-state index in [0.29, 0.717) is 11.3 Å². The van der Waals surface area contributed by atoms with Gasteiger partial charge < -0.3 is 10.4 Å². The van der Waals surface area contributed by atoms with E-state index in [1.807, 2.05) is 6.07 Å². The Bertz CT molecular complexity index is 573. The molecule has 0 aliphatic carbocycles. The average Bonchev–Trinajstić information content (AvgIpc) is 2.88. The van der Waals surface area contributed by atoms with Crippen LogP contribution in [0.5, 0.6) is 0 Å². The maximum Gasteiger partial charge on any atom is 0.445 e. The summed E-state index contributed by atoms with van der Waals surface area (Å²) in [5.74, 6) is 0. The van der Waals surface area contributed by atoms with Gasteiger partial charge in [-0.25, -0.2) is 0 Å². The topological polar surface area (TPSA) is 58.0 Å². The van der Waals surface area contributed by atoms with Crippen molar-refractivity contribution in [3.63, 3.8) is 0 Å². The van der Waals surface area contributed by atoms with Gasteiger partial charge in [-0.05, 0) is 12.5 Å². The highest BCUT2D eigenvalue weighted by molar-refractivity contribution is 7.15. The van der Waals surface area contributed by atoms with E-state index in [4.69, 9.17) is 0 Å². The van der Waals surface area contributed by atoms with Crippen LogP contribution in [0.4, 0.5) is 18.3 Å². The first-order valence-electron chi connectivity index (χ1n) is 5.70. The quantitative estimate of drug-likeness (QED) is 0.912. The lowest BCUT2D eigenvalue weighted by Gasteiger charge is -2.28. The van der Waals surface area contributed by atoms with Crippen molar-refractivity contribution in [2.45, 2.75) is 18.6 Å². The second-order valence-electron chi connectivity index (χ2n) is 4.39. The zero-order valence-electron chi connectivity index (χ0n) is 10.5. The van der Waals surface area contributed by atoms with Crippen molar-refractivity contribution in [2.24, 2.45) is 0 Å². The molecule has 1 heterocycles. The predicted molar refractivity (Wildman–Crippen MR) is 69.4 cm³/mol. The lowest BCUT2D eigenvalue weighted by molar-refractivity contribution is -0.138. The van der Waals surface area contributed by atoms with Crippen LogP contribution in [0, 0.1) is 0 Å². The Kier molecular flexibility index (Phi) is 3.96. The van der Waals surface area contributed by atoms with Gasteiger partial charge in [-0.1, -0.05) is 41.7 Å². The number of benzene rings is 1. The fourth-order valence-corrected chi connectivity index (χ4v) is 2.37. The summed E-state index contributed by atoms with van der Waals surface area (Å²) in [6, 6.07) is 8.93. The first kappa shape index (κ1) is 14.7. The zero-order chi connectivity index (χ0) is 14.8. The summed E-state index contributed by atoms with van der Waals surface area (Å²) in [4.78, 5) is 0. The van der Waals surface area contributed by atoms with E-state index in [-0.39, 0.29) is 11.7 Å². The van der Waals surface area contributed by atoms with Crippen molar-refractivity contribution in [2.75, 3.05) is 11.9 Å². The molecule has 4 nitrogen and oxygen atoms in total. The summed E-state index contributed by atoms with van der Waals surface area (Å²) in [6.45, 7) is 1.38. The maximum absolute atomic E-state index is 12.5. The zero-order valence-corrected chi connectivity index (χ0v) is 11.3. The van der Waals surface area contributed by atoms with E-state index < -0.39 is 16.7 Å². The van der Waals surface area contributed by atoms with E-state index in [1.165, 1.54) is 0 Å². The van der Waals surface area contributed by atoms with Crippen LogP contribution in [-0.4, -0.2) is 21.9 Å². The van der Waals surface area contributed by atoms with Crippen LogP contribution in [0.15, 0.2) is 30.3 Å². The Labute approximate surface area is 117 Å². The summed E-state index contributed by atoms with van der Waals surface area (Å²) in [6.07, 6.45) is -4.51. The van der Waals surface area contributed by atoms with Crippen molar-refractivity contribution in [3.8, 4) is 0 Å². The molecule has 0 saturated carbocycles. The number of rotatable bonds is 4. The largest absolute Gasteiger partial charge is 0.445 e. The molecule has 0 fully saturated rings. The minimum atomic E-state index is -4.51. The Hall–Kier alpha value is -1.67. The first-order chi connectivity index (χ1) is 9.35. The van der Waals surface area contributed by atoms with E-state index in [9.17, 15) is 18.3 Å². The molecule has 0 radical (unpaired) electrons. The molecule has 8 heteroatoms. The molecular weight excluding hydrogens is 291 g/mol. The molecule has 1 aromatic carbocycles. The van der Waals surface area contributed by atoms with Gasteiger partial charge in [-0.15, -0.1) is 10.2 Å². The van der Waals surface area contributed by atoms with E-state index in [2.05, 4.69) is 15.5 Å². The molecule has 0 saturated heterocycles. The molecule has 2 N–H and O–H groups in total. The molecule has 0 spiro atoms. The van der Waals surface area contributed by atoms with Gasteiger partial charge >= 0.3 is 6.18 Å². The van der Waals surface area contributed by atoms with Gasteiger partial charge in [-0.3, -0.25) is 0 Å². The number of hydrogen-bond acceptors (Lipinski definition) is 5. The molecule has 0 amide bonds. The standard InChI is InChI=1S/C12H12F3N3OS/c1-11(7-19,8-5-3-2-4-6-8)16-10-18-17-9(20-10)12(13,14)15/h2-6,19H,7H2,1H3,(H,16,18). The molecule has 1 aromatic heterocycles. The van der Waals surface area contributed by atoms with Crippen LogP contribution in [0.25, 0.3) is 0 Å². The molecular formula is C12H12F3N3OS. The minimum Gasteiger partial charge on any atom is -0.394 e. The van der Waals surface area contributed by atoms with Crippen molar-refractivity contribution in [3.05, 3.63) is 40.9 Å². The summed E-state index contributed by atoms with van der Waals surface area (Å²) in [5.41, 5.74) is -0.185. The summed E-state index contributed by atoms with van der Waals surface area (Å²) < 4.78 is 37.4. The average molecular weight is 303 g/mol. The molecule has 0 aliphatic rings. The number of aromatic nitrogens is 2. The summed E-state index contributed by atoms with van der Waals surface area (Å²) in [5, 5.41) is 17.9. The molecule has 1 atom stereocenters. The number of nitrogens with zero attached hydrogens (tertiary/aromatic N) is 2. The number of halogens is 3. The van der Waals surface area contributed by atoms with Gasteiger partial charge in [-0.2, -0.15) is 13.2 Å². The van der Waals surface area contributed by atoms with E-state index >= 15 is 0 Å². The smallest absolute Gasteiger partial charge is 0.394 e. The number of alkyl halides is 3. The van der Waals surface area contributed by atoms with Crippen LogP contribution in [0.3, 0.4) is 0 Å². The lowest BCUT2D eigenvalue weighted by atomic mass is 9.93. The van der Waals surface area contributed by atoms with E-state index in [1.54, 1.807) is 31.2 Å². The van der Waals surface area contributed by atoms with Gasteiger partial charge in [0.1, 0.15) is 0 Å². The highest BCUT2D eigenvalue weighted by atomic mass is 32.1. The van der Waals surface area contributed by atoms with Gasteiger partial charge in [0.15, 0.2) is 0 Å². The van der Waals surface area contributed by atoms with E-state index in [0.717, 1.165) is 5.56 Å². The van der Waals surface area contributed by atoms with Crippen molar-refractivity contribution >= 4 is 16.5 Å². The SMILES string of the molecule is CC(CO)(Nc1nnc(C(F)(F)F)s1)c1ccccc1. The van der Waals surface area contributed by atoms with Gasteiger partial charge in [0.25, 0.3) is 0 Å². The Balaban J connectivity index is 2.25. The Morgan fingerprint density at radius 2 is 1.85 bits per heavy atom. The number of aliphatic hydroxyl groups is 1. The highest BCUT2D eigenvalue weighted by Gasteiger charge is 2.36. The molecule has 0 aliphatic heterocycles. The number of aliphatic hydroxyl groups excluding tert-OH is 1. The second-order valence-corrected chi connectivity index (χ2v) is 5.37. The van der Waals surface area contributed by atoms with Gasteiger partial charge in [0, 0.05) is 0 Å². The maximum atomic E-state index is 12.5. The fraction of sp³-hybridized carbons (Fsp3) is 0.333. The Morgan fingerprint density at radius 1 is 1.20 bits per heavy atom. The fourth-order valence-electron chi connectivity index (χ4n) is 1.63. The van der Waals surface area contributed by atoms with Crippen molar-refractivity contribution in [1.82, 2.24) is 10.2 Å². The molecule has 2 rings (SSSR count). The number of nitrogens with one attached hydrogen (secondary N) is 1. The van der Waals surface area contributed by atoms with Crippen molar-refractivity contribution in [1.29, 1.82) is 0 Å². The van der Waals surface area contributed by atoms with Gasteiger partial charge in [0.2, 0.25) is 10.1 Å². The second kappa shape index (κ2) is 5.37. The molecule has 1 unspecified atom stereocenters. The van der Waals surface area contributed by atoms with Crippen LogP contribution >= 0.6 is 11.3 Å². The molecule has 108 valence electrons. The van der Waals surface area contributed by atoms with Crippen LogP contribution < -0.4 is 5.32 Å². The third kappa shape index (κ3) is 3.07. The molecule has 20 heavy (non-hydrogen) atoms. The summed E-state index contributed by atoms with van der Waals surface area (Å²) >= 11 is 0.407. The molecule has 2 aromatic rings. The van der Waals surface area contributed by atoms with Crippen molar-refractivity contribution < 1.29 is 18.3 Å². The summed E-state index contributed by atoms with van der Waals surface area (Å²) in [7, 11) is 0. The minimum absolute atomic E-state index is 0.0118. The first-order valence-corrected chi connectivity index (χ1v) is 6.52. The lowest BCUT2D eigenvalue weighted by Crippen LogP contribution is -2.35. The third-order valence-electron chi connectivity index (χ3n) is 2.78. The third-order valence-corrected chi connectivity index (χ3v) is 3.66. The normalized spacial score (nSPS) is 14.8. The molecule has 0 bridgehead atoms. The predicted octanol–water partition coefficient (Wildman–Crippen LogP) is 2.88. The number of hydrogen-bond donors (Lipinski definition) is 2. The number of anilines is 1. The van der Waals surface area contributed by atoms with Gasteiger partial charge in [0.05, 0.1) is 12.1 Å². The van der Waals surface area contributed by atoms with Crippen LogP contribution in [0.1, 0.15) is 17.5 Å². The highest BCUT2D eigenvalue weighted by Crippen LogP contribution is 2.35. The monoisotopic (exact) mass is 303 g/mol. The van der Waals surface area contributed by atoms with Crippen LogP contribution in [-0.2, 0) is 11.7 Å². The Morgan fingerprint density at radius 3 is 2.35 bits per heavy atom. The van der Waals surface area contributed by atoms with Crippen LogP contribution in [0.2, 0.25) is 0 Å².